The Kier molecular flexibility index (Phi) is 4.47. The van der Waals surface area contributed by atoms with E-state index in [1.807, 2.05) is 12.1 Å². The van der Waals surface area contributed by atoms with Crippen molar-refractivity contribution in [3.8, 4) is 5.75 Å². The van der Waals surface area contributed by atoms with E-state index in [1.54, 1.807) is 6.08 Å². The SMILES string of the molecule is CO[C@@H]1C=CC[C@H]2c3c4ccc(c3OC(=O)[C@@]12[N+](=O)[O-])CCc1ccc(cc1)CC4. The van der Waals surface area contributed by atoms with Gasteiger partial charge in [0.15, 0.2) is 6.10 Å². The number of fused-ring (bicyclic) bond motifs is 1. The molecule has 30 heavy (non-hydrogen) atoms. The Bertz CT molecular complexity index is 1060. The van der Waals surface area contributed by atoms with Crippen LogP contribution >= 0.6 is 0 Å². The van der Waals surface area contributed by atoms with Crippen LogP contribution in [0.4, 0.5) is 0 Å². The van der Waals surface area contributed by atoms with Crippen LogP contribution in [0.1, 0.15) is 40.2 Å². The molecular weight excluding hydrogens is 382 g/mol. The lowest BCUT2D eigenvalue weighted by Gasteiger charge is -2.41. The third-order valence-corrected chi connectivity index (χ3v) is 6.83. The summed E-state index contributed by atoms with van der Waals surface area (Å²) in [5.74, 6) is -0.910. The zero-order chi connectivity index (χ0) is 20.9. The first-order valence-corrected chi connectivity index (χ1v) is 10.3. The van der Waals surface area contributed by atoms with E-state index < -0.39 is 28.5 Å². The largest absolute Gasteiger partial charge is 0.421 e. The Morgan fingerprint density at radius 2 is 1.67 bits per heavy atom. The second kappa shape index (κ2) is 7.06. The van der Waals surface area contributed by atoms with Crippen molar-refractivity contribution in [2.45, 2.75) is 49.7 Å². The summed E-state index contributed by atoms with van der Waals surface area (Å²) in [5, 5.41) is 12.4. The van der Waals surface area contributed by atoms with Crippen LogP contribution in [0.5, 0.6) is 5.75 Å². The van der Waals surface area contributed by atoms with Crippen LogP contribution in [0.25, 0.3) is 0 Å². The molecule has 3 atom stereocenters. The smallest absolute Gasteiger partial charge is 0.394 e. The van der Waals surface area contributed by atoms with E-state index in [-0.39, 0.29) is 0 Å². The van der Waals surface area contributed by atoms with E-state index in [0.717, 1.165) is 36.0 Å². The lowest BCUT2D eigenvalue weighted by molar-refractivity contribution is -0.571. The molecule has 0 N–H and O–H groups in total. The van der Waals surface area contributed by atoms with Gasteiger partial charge in [-0.1, -0.05) is 48.6 Å². The van der Waals surface area contributed by atoms with Gasteiger partial charge in [-0.15, -0.1) is 0 Å². The number of hydrogen-bond donors (Lipinski definition) is 0. The second-order valence-corrected chi connectivity index (χ2v) is 8.29. The molecule has 5 aliphatic carbocycles. The number of nitro groups is 1. The molecule has 0 amide bonds. The van der Waals surface area contributed by atoms with E-state index in [1.165, 1.54) is 18.2 Å². The summed E-state index contributed by atoms with van der Waals surface area (Å²) >= 11 is 0. The number of aryl methyl sites for hydroxylation is 4. The Hall–Kier alpha value is -2.99. The van der Waals surface area contributed by atoms with E-state index >= 15 is 0 Å². The van der Waals surface area contributed by atoms with Gasteiger partial charge in [0.1, 0.15) is 5.75 Å². The molecule has 0 saturated carbocycles. The molecule has 1 heterocycles. The first kappa shape index (κ1) is 19.0. The number of methoxy groups -OCH3 is 1. The van der Waals surface area contributed by atoms with Crippen molar-refractivity contribution in [2.75, 3.05) is 7.11 Å². The summed E-state index contributed by atoms with van der Waals surface area (Å²) < 4.78 is 11.2. The van der Waals surface area contributed by atoms with Gasteiger partial charge in [0.05, 0.1) is 5.92 Å². The minimum Gasteiger partial charge on any atom is -0.421 e. The van der Waals surface area contributed by atoms with Crippen LogP contribution in [0.3, 0.4) is 0 Å². The van der Waals surface area contributed by atoms with E-state index in [2.05, 4.69) is 30.3 Å². The zero-order valence-corrected chi connectivity index (χ0v) is 16.8. The Morgan fingerprint density at radius 1 is 1.03 bits per heavy atom. The minimum absolute atomic E-state index is 0.410. The number of hydrogen-bond acceptors (Lipinski definition) is 5. The van der Waals surface area contributed by atoms with Crippen LogP contribution in [0.15, 0.2) is 48.6 Å². The zero-order valence-electron chi connectivity index (χ0n) is 16.8. The Morgan fingerprint density at radius 3 is 2.30 bits per heavy atom. The summed E-state index contributed by atoms with van der Waals surface area (Å²) in [7, 11) is 1.40. The van der Waals surface area contributed by atoms with Crippen molar-refractivity contribution in [1.29, 1.82) is 0 Å². The number of allylic oxidation sites excluding steroid dienone is 1. The second-order valence-electron chi connectivity index (χ2n) is 8.29. The molecule has 0 aromatic heterocycles. The Labute approximate surface area is 174 Å². The molecule has 0 unspecified atom stereocenters. The maximum atomic E-state index is 13.2. The maximum absolute atomic E-state index is 13.2. The van der Waals surface area contributed by atoms with E-state index in [0.29, 0.717) is 18.6 Å². The van der Waals surface area contributed by atoms with Gasteiger partial charge in [0.25, 0.3) is 0 Å². The summed E-state index contributed by atoms with van der Waals surface area (Å²) in [6, 6.07) is 12.7. The quantitative estimate of drug-likeness (QED) is 0.251. The fraction of sp³-hybridized carbons (Fsp3) is 0.375. The van der Waals surface area contributed by atoms with Crippen molar-refractivity contribution >= 4 is 5.97 Å². The van der Waals surface area contributed by atoms with Gasteiger partial charge in [0, 0.05) is 17.6 Å². The first-order valence-electron chi connectivity index (χ1n) is 10.3. The molecule has 1 aliphatic heterocycles. The molecule has 6 heteroatoms. The van der Waals surface area contributed by atoms with Crippen LogP contribution in [0.2, 0.25) is 0 Å². The normalized spacial score (nSPS) is 26.9. The third kappa shape index (κ3) is 2.63. The number of nitrogens with zero attached hydrogens (tertiary/aromatic N) is 1. The molecular formula is C24H23NO5. The van der Waals surface area contributed by atoms with Gasteiger partial charge < -0.3 is 9.47 Å². The maximum Gasteiger partial charge on any atom is 0.394 e. The van der Waals surface area contributed by atoms with Crippen molar-refractivity contribution in [1.82, 2.24) is 0 Å². The predicted octanol–water partition coefficient (Wildman–Crippen LogP) is 3.56. The molecule has 6 nitrogen and oxygen atoms in total. The molecule has 6 aliphatic rings. The minimum atomic E-state index is -1.96. The van der Waals surface area contributed by atoms with Crippen molar-refractivity contribution in [2.24, 2.45) is 0 Å². The van der Waals surface area contributed by atoms with Crippen LogP contribution in [-0.2, 0) is 35.2 Å². The summed E-state index contributed by atoms with van der Waals surface area (Å²) in [6.07, 6.45) is 6.02. The Balaban J connectivity index is 1.71. The molecule has 8 rings (SSSR count). The van der Waals surface area contributed by atoms with Crippen molar-refractivity contribution in [3.63, 3.8) is 0 Å². The lowest BCUT2D eigenvalue weighted by Crippen LogP contribution is -2.64. The van der Waals surface area contributed by atoms with Gasteiger partial charge >= 0.3 is 11.5 Å². The highest BCUT2D eigenvalue weighted by Crippen LogP contribution is 2.51. The highest BCUT2D eigenvalue weighted by molar-refractivity contribution is 5.88. The fourth-order valence-electron chi connectivity index (χ4n) is 5.23. The summed E-state index contributed by atoms with van der Waals surface area (Å²) in [4.78, 5) is 25.1. The molecule has 0 radical (unpaired) electrons. The molecule has 0 fully saturated rings. The van der Waals surface area contributed by atoms with Crippen LogP contribution in [0, 0.1) is 10.1 Å². The number of benzene rings is 2. The highest BCUT2D eigenvalue weighted by Gasteiger charge is 2.68. The van der Waals surface area contributed by atoms with E-state index in [4.69, 9.17) is 9.47 Å². The number of rotatable bonds is 2. The standard InChI is InChI=1S/C24H23NO5/c1-29-20-4-2-3-19-21-17-11-9-15-5-7-16(8-6-15)10-12-18(14-13-17)22(21)30-23(26)24(19,20)25(27)28/h2,4-8,13-14,19-20H,3,9-12H2,1H3/t19-,20+,24-/m0/s1. The first-order chi connectivity index (χ1) is 14.6. The van der Waals surface area contributed by atoms with Gasteiger partial charge in [-0.3, -0.25) is 10.1 Å². The molecule has 4 bridgehead atoms. The number of carbonyl (C=O) groups is 1. The molecule has 2 aromatic carbocycles. The molecule has 0 spiro atoms. The topological polar surface area (TPSA) is 78.7 Å². The van der Waals surface area contributed by atoms with Gasteiger partial charge in [-0.25, -0.2) is 4.79 Å². The van der Waals surface area contributed by atoms with Gasteiger partial charge in [-0.2, -0.15) is 0 Å². The third-order valence-electron chi connectivity index (χ3n) is 6.83. The number of carbonyl (C=O) groups excluding carboxylic acids is 1. The molecule has 2 aromatic rings. The van der Waals surface area contributed by atoms with Crippen LogP contribution in [-0.4, -0.2) is 29.6 Å². The fourth-order valence-corrected chi connectivity index (χ4v) is 5.23. The summed E-state index contributed by atoms with van der Waals surface area (Å²) in [5.41, 5.74) is 3.23. The highest BCUT2D eigenvalue weighted by atomic mass is 16.6. The average molecular weight is 405 g/mol. The molecule has 0 saturated heterocycles. The van der Waals surface area contributed by atoms with Crippen molar-refractivity contribution < 1.29 is 19.2 Å². The lowest BCUT2D eigenvalue weighted by atomic mass is 9.67. The molecule has 154 valence electrons. The average Bonchev–Trinajstić information content (AvgIpc) is 2.75. The van der Waals surface area contributed by atoms with Crippen molar-refractivity contribution in [3.05, 3.63) is 86.5 Å². The number of ether oxygens (including phenoxy) is 2. The van der Waals surface area contributed by atoms with E-state index in [9.17, 15) is 14.9 Å². The summed E-state index contributed by atoms with van der Waals surface area (Å²) in [6.45, 7) is 0. The predicted molar refractivity (Wildman–Crippen MR) is 110 cm³/mol. The number of esters is 1. The monoisotopic (exact) mass is 405 g/mol. The van der Waals surface area contributed by atoms with Gasteiger partial charge in [-0.05, 0) is 54.4 Å². The van der Waals surface area contributed by atoms with Crippen LogP contribution < -0.4 is 4.74 Å². The van der Waals surface area contributed by atoms with Gasteiger partial charge in [0.2, 0.25) is 0 Å².